The van der Waals surface area contributed by atoms with Gasteiger partial charge in [-0.1, -0.05) is 36.4 Å². The zero-order chi connectivity index (χ0) is 13.7. The molecular formula is C16H17FO2. The third-order valence-corrected chi connectivity index (χ3v) is 3.11. The maximum Gasteiger partial charge on any atom is 0.165 e. The number of ether oxygens (including phenoxy) is 1. The summed E-state index contributed by atoms with van der Waals surface area (Å²) in [5.41, 5.74) is 1.74. The van der Waals surface area contributed by atoms with Crippen LogP contribution in [-0.2, 0) is 6.42 Å². The number of methoxy groups -OCH3 is 1. The molecule has 0 radical (unpaired) electrons. The molecule has 0 heterocycles. The highest BCUT2D eigenvalue weighted by Gasteiger charge is 2.11. The van der Waals surface area contributed by atoms with Gasteiger partial charge in [0.2, 0.25) is 0 Å². The number of rotatable bonds is 5. The molecule has 2 aromatic rings. The summed E-state index contributed by atoms with van der Waals surface area (Å²) in [6, 6.07) is 14.5. The molecule has 1 atom stereocenters. The lowest BCUT2D eigenvalue weighted by atomic mass is 10.0. The molecule has 2 nitrogen and oxygen atoms in total. The number of benzene rings is 2. The summed E-state index contributed by atoms with van der Waals surface area (Å²) in [6.45, 7) is 0. The Morgan fingerprint density at radius 2 is 1.89 bits per heavy atom. The molecule has 19 heavy (non-hydrogen) atoms. The van der Waals surface area contributed by atoms with Gasteiger partial charge >= 0.3 is 0 Å². The molecule has 0 fully saturated rings. The lowest BCUT2D eigenvalue weighted by Gasteiger charge is -2.12. The monoisotopic (exact) mass is 260 g/mol. The first-order valence-corrected chi connectivity index (χ1v) is 6.26. The van der Waals surface area contributed by atoms with Crippen LogP contribution in [0.3, 0.4) is 0 Å². The van der Waals surface area contributed by atoms with E-state index in [2.05, 4.69) is 0 Å². The Kier molecular flexibility index (Phi) is 4.53. The molecule has 0 spiro atoms. The van der Waals surface area contributed by atoms with E-state index in [-0.39, 0.29) is 5.75 Å². The summed E-state index contributed by atoms with van der Waals surface area (Å²) in [7, 11) is 1.42. The fourth-order valence-electron chi connectivity index (χ4n) is 2.00. The third-order valence-electron chi connectivity index (χ3n) is 3.11. The van der Waals surface area contributed by atoms with Crippen molar-refractivity contribution in [1.82, 2.24) is 0 Å². The Morgan fingerprint density at radius 3 is 2.53 bits per heavy atom. The van der Waals surface area contributed by atoms with Gasteiger partial charge < -0.3 is 9.84 Å². The predicted octanol–water partition coefficient (Wildman–Crippen LogP) is 3.50. The number of aliphatic hydroxyl groups excluding tert-OH is 1. The number of hydrogen-bond acceptors (Lipinski definition) is 2. The second-order valence-corrected chi connectivity index (χ2v) is 4.43. The van der Waals surface area contributed by atoms with Crippen LogP contribution in [-0.4, -0.2) is 12.2 Å². The molecule has 3 heteroatoms. The number of halogens is 1. The maximum atomic E-state index is 13.5. The summed E-state index contributed by atoms with van der Waals surface area (Å²) in [5, 5.41) is 10.1. The molecule has 100 valence electrons. The zero-order valence-corrected chi connectivity index (χ0v) is 10.8. The normalized spacial score (nSPS) is 12.2. The SMILES string of the molecule is COc1ccc(C(O)CCc2ccccc2)cc1F. The van der Waals surface area contributed by atoms with Crippen LogP contribution in [0.4, 0.5) is 4.39 Å². The first-order valence-electron chi connectivity index (χ1n) is 6.26. The third kappa shape index (κ3) is 3.55. The number of aliphatic hydroxyl groups is 1. The Bertz CT molecular complexity index is 526. The van der Waals surface area contributed by atoms with E-state index in [0.29, 0.717) is 12.0 Å². The van der Waals surface area contributed by atoms with Gasteiger partial charge in [-0.2, -0.15) is 0 Å². The topological polar surface area (TPSA) is 29.5 Å². The van der Waals surface area contributed by atoms with Gasteiger partial charge in [-0.05, 0) is 36.1 Å². The Balaban J connectivity index is 2.00. The van der Waals surface area contributed by atoms with Crippen molar-refractivity contribution in [2.75, 3.05) is 7.11 Å². The average molecular weight is 260 g/mol. The number of aryl methyl sites for hydroxylation is 1. The Labute approximate surface area is 112 Å². The molecule has 0 saturated carbocycles. The van der Waals surface area contributed by atoms with Crippen molar-refractivity contribution >= 4 is 0 Å². The molecule has 0 bridgehead atoms. The molecule has 0 amide bonds. The molecule has 0 aliphatic heterocycles. The quantitative estimate of drug-likeness (QED) is 0.891. The van der Waals surface area contributed by atoms with Crippen molar-refractivity contribution in [3.05, 3.63) is 65.5 Å². The van der Waals surface area contributed by atoms with Crippen molar-refractivity contribution < 1.29 is 14.2 Å². The van der Waals surface area contributed by atoms with E-state index >= 15 is 0 Å². The molecule has 0 aromatic heterocycles. The fourth-order valence-corrected chi connectivity index (χ4v) is 2.00. The van der Waals surface area contributed by atoms with Gasteiger partial charge in [0.1, 0.15) is 0 Å². The van der Waals surface area contributed by atoms with Crippen LogP contribution in [0, 0.1) is 5.82 Å². The van der Waals surface area contributed by atoms with Crippen molar-refractivity contribution in [3.8, 4) is 5.75 Å². The second kappa shape index (κ2) is 6.34. The van der Waals surface area contributed by atoms with Crippen LogP contribution in [0.25, 0.3) is 0 Å². The van der Waals surface area contributed by atoms with Crippen molar-refractivity contribution in [2.24, 2.45) is 0 Å². The summed E-state index contributed by atoms with van der Waals surface area (Å²) in [5.74, 6) is -0.252. The van der Waals surface area contributed by atoms with Gasteiger partial charge in [0.05, 0.1) is 13.2 Å². The Hall–Kier alpha value is -1.87. The molecule has 1 N–H and O–H groups in total. The minimum absolute atomic E-state index is 0.194. The van der Waals surface area contributed by atoms with Gasteiger partial charge in [-0.25, -0.2) is 4.39 Å². The maximum absolute atomic E-state index is 13.5. The highest BCUT2D eigenvalue weighted by molar-refractivity contribution is 5.30. The van der Waals surface area contributed by atoms with Crippen LogP contribution in [0.15, 0.2) is 48.5 Å². The standard InChI is InChI=1S/C16H17FO2/c1-19-16-10-8-13(11-14(16)17)15(18)9-7-12-5-3-2-4-6-12/h2-6,8,10-11,15,18H,7,9H2,1H3. The van der Waals surface area contributed by atoms with Gasteiger partial charge in [-0.15, -0.1) is 0 Å². The summed E-state index contributed by atoms with van der Waals surface area (Å²) < 4.78 is 18.4. The first kappa shape index (κ1) is 13.6. The highest BCUT2D eigenvalue weighted by atomic mass is 19.1. The summed E-state index contributed by atoms with van der Waals surface area (Å²) in [6.07, 6.45) is 0.659. The minimum atomic E-state index is -0.666. The van der Waals surface area contributed by atoms with Crippen LogP contribution in [0.5, 0.6) is 5.75 Å². The van der Waals surface area contributed by atoms with Gasteiger partial charge in [-0.3, -0.25) is 0 Å². The Morgan fingerprint density at radius 1 is 1.16 bits per heavy atom. The number of hydrogen-bond donors (Lipinski definition) is 1. The first-order chi connectivity index (χ1) is 9.20. The van der Waals surface area contributed by atoms with Crippen molar-refractivity contribution in [1.29, 1.82) is 0 Å². The summed E-state index contributed by atoms with van der Waals surface area (Å²) in [4.78, 5) is 0. The van der Waals surface area contributed by atoms with E-state index < -0.39 is 11.9 Å². The van der Waals surface area contributed by atoms with E-state index in [1.54, 1.807) is 6.07 Å². The molecule has 0 aliphatic carbocycles. The molecule has 0 saturated heterocycles. The molecular weight excluding hydrogens is 243 g/mol. The van der Waals surface area contributed by atoms with Gasteiger partial charge in [0, 0.05) is 0 Å². The van der Waals surface area contributed by atoms with Gasteiger partial charge in [0.15, 0.2) is 11.6 Å². The van der Waals surface area contributed by atoms with Crippen LogP contribution < -0.4 is 4.74 Å². The molecule has 1 unspecified atom stereocenters. The van der Waals surface area contributed by atoms with E-state index in [0.717, 1.165) is 12.0 Å². The van der Waals surface area contributed by atoms with E-state index in [9.17, 15) is 9.50 Å². The fraction of sp³-hybridized carbons (Fsp3) is 0.250. The van der Waals surface area contributed by atoms with E-state index in [1.165, 1.54) is 19.2 Å². The van der Waals surface area contributed by atoms with E-state index in [1.807, 2.05) is 30.3 Å². The lowest BCUT2D eigenvalue weighted by molar-refractivity contribution is 0.167. The van der Waals surface area contributed by atoms with Crippen LogP contribution in [0.1, 0.15) is 23.7 Å². The second-order valence-electron chi connectivity index (χ2n) is 4.43. The zero-order valence-electron chi connectivity index (χ0n) is 10.8. The van der Waals surface area contributed by atoms with E-state index in [4.69, 9.17) is 4.74 Å². The van der Waals surface area contributed by atoms with Crippen LogP contribution in [0.2, 0.25) is 0 Å². The van der Waals surface area contributed by atoms with Gasteiger partial charge in [0.25, 0.3) is 0 Å². The minimum Gasteiger partial charge on any atom is -0.494 e. The van der Waals surface area contributed by atoms with Crippen molar-refractivity contribution in [2.45, 2.75) is 18.9 Å². The largest absolute Gasteiger partial charge is 0.494 e. The predicted molar refractivity (Wildman–Crippen MR) is 72.7 cm³/mol. The molecule has 0 aliphatic rings. The molecule has 2 aromatic carbocycles. The smallest absolute Gasteiger partial charge is 0.165 e. The highest BCUT2D eigenvalue weighted by Crippen LogP contribution is 2.24. The van der Waals surface area contributed by atoms with Crippen molar-refractivity contribution in [3.63, 3.8) is 0 Å². The molecule has 2 rings (SSSR count). The summed E-state index contributed by atoms with van der Waals surface area (Å²) >= 11 is 0. The lowest BCUT2D eigenvalue weighted by Crippen LogP contribution is -2.01. The average Bonchev–Trinajstić information content (AvgIpc) is 2.45. The van der Waals surface area contributed by atoms with Crippen LogP contribution >= 0.6 is 0 Å².